The molecule has 0 saturated heterocycles. The third-order valence-electron chi connectivity index (χ3n) is 2.36. The van der Waals surface area contributed by atoms with Crippen LogP contribution in [-0.2, 0) is 0 Å². The second kappa shape index (κ2) is 7.68. The van der Waals surface area contributed by atoms with Crippen molar-refractivity contribution in [2.24, 2.45) is 22.4 Å². The average Bonchev–Trinajstić information content (AvgIpc) is 2.26. The van der Waals surface area contributed by atoms with Crippen molar-refractivity contribution in [3.8, 4) is 0 Å². The van der Waals surface area contributed by atoms with E-state index in [0.717, 1.165) is 19.3 Å². The van der Waals surface area contributed by atoms with Crippen molar-refractivity contribution in [2.45, 2.75) is 33.1 Å². The Hall–Kier alpha value is -1.58. The molecule has 0 aromatic rings. The molecule has 0 saturated carbocycles. The molecule has 0 aromatic heterocycles. The van der Waals surface area contributed by atoms with E-state index in [2.05, 4.69) is 18.5 Å². The molecule has 1 unspecified atom stereocenters. The lowest BCUT2D eigenvalue weighted by atomic mass is 10.0. The van der Waals surface area contributed by atoms with Gasteiger partial charge in [0.05, 0.1) is 11.4 Å². The van der Waals surface area contributed by atoms with Crippen molar-refractivity contribution in [1.82, 2.24) is 0 Å². The normalized spacial score (nSPS) is 14.6. The van der Waals surface area contributed by atoms with Crippen LogP contribution in [0.1, 0.15) is 33.1 Å². The minimum atomic E-state index is -0.114. The van der Waals surface area contributed by atoms with Gasteiger partial charge in [0.15, 0.2) is 0 Å². The topological polar surface area (TPSA) is 88.2 Å². The highest BCUT2D eigenvalue weighted by Crippen LogP contribution is 2.15. The van der Waals surface area contributed by atoms with E-state index in [-0.39, 0.29) is 11.5 Å². The minimum absolute atomic E-state index is 0.114. The van der Waals surface area contributed by atoms with E-state index in [4.69, 9.17) is 16.9 Å². The van der Waals surface area contributed by atoms with Crippen molar-refractivity contribution >= 4 is 12.1 Å². The number of allylic oxidation sites excluding steroid dienone is 2. The fraction of sp³-hybridized carbons (Fsp3) is 0.500. The standard InChI is InChI=1S/C12H22N4/c1-4-9(3)7-6-8-10(16-5-2)11(13)12(14)15/h4-5,9H,1,6-8,13H2,2-3H3,(H3,14,15)/b11-10+,16-5?. The number of amidine groups is 1. The first-order valence-corrected chi connectivity index (χ1v) is 5.47. The second-order valence-electron chi connectivity index (χ2n) is 3.77. The first-order valence-electron chi connectivity index (χ1n) is 5.47. The van der Waals surface area contributed by atoms with Gasteiger partial charge < -0.3 is 11.5 Å². The summed E-state index contributed by atoms with van der Waals surface area (Å²) in [6.07, 6.45) is 6.35. The number of nitrogens with one attached hydrogen (secondary N) is 1. The van der Waals surface area contributed by atoms with Gasteiger partial charge in [0.1, 0.15) is 5.84 Å². The molecule has 16 heavy (non-hydrogen) atoms. The highest BCUT2D eigenvalue weighted by molar-refractivity contribution is 5.94. The second-order valence-corrected chi connectivity index (χ2v) is 3.77. The van der Waals surface area contributed by atoms with Crippen LogP contribution in [0.5, 0.6) is 0 Å². The zero-order valence-corrected chi connectivity index (χ0v) is 10.2. The molecule has 0 aromatic carbocycles. The predicted octanol–water partition coefficient (Wildman–Crippen LogP) is 2.18. The zero-order chi connectivity index (χ0) is 12.6. The van der Waals surface area contributed by atoms with Crippen molar-refractivity contribution in [2.75, 3.05) is 0 Å². The van der Waals surface area contributed by atoms with Gasteiger partial charge in [-0.05, 0) is 32.1 Å². The van der Waals surface area contributed by atoms with E-state index in [1.807, 2.05) is 13.0 Å². The Morgan fingerprint density at radius 3 is 2.56 bits per heavy atom. The molecule has 0 amide bonds. The molecule has 4 nitrogen and oxygen atoms in total. The van der Waals surface area contributed by atoms with Crippen LogP contribution in [-0.4, -0.2) is 12.1 Å². The monoisotopic (exact) mass is 222 g/mol. The van der Waals surface area contributed by atoms with E-state index >= 15 is 0 Å². The number of hydrogen-bond donors (Lipinski definition) is 3. The maximum atomic E-state index is 7.27. The van der Waals surface area contributed by atoms with Crippen molar-refractivity contribution in [1.29, 1.82) is 5.41 Å². The number of nitrogens with two attached hydrogens (primary N) is 2. The first-order chi connectivity index (χ1) is 7.52. The molecule has 1 atom stereocenters. The lowest BCUT2D eigenvalue weighted by Crippen LogP contribution is -2.21. The largest absolute Gasteiger partial charge is 0.394 e. The summed E-state index contributed by atoms with van der Waals surface area (Å²) in [5, 5.41) is 7.27. The van der Waals surface area contributed by atoms with Gasteiger partial charge in [-0.2, -0.15) is 0 Å². The molecule has 4 heteroatoms. The number of hydrogen-bond acceptors (Lipinski definition) is 3. The van der Waals surface area contributed by atoms with Crippen LogP contribution in [0.3, 0.4) is 0 Å². The van der Waals surface area contributed by atoms with Crippen LogP contribution >= 0.6 is 0 Å². The van der Waals surface area contributed by atoms with Crippen molar-refractivity contribution < 1.29 is 0 Å². The molecule has 5 N–H and O–H groups in total. The Kier molecular flexibility index (Phi) is 6.92. The summed E-state index contributed by atoms with van der Waals surface area (Å²) in [6, 6.07) is 0. The van der Waals surface area contributed by atoms with E-state index in [9.17, 15) is 0 Å². The van der Waals surface area contributed by atoms with Gasteiger partial charge in [-0.3, -0.25) is 10.4 Å². The van der Waals surface area contributed by atoms with Gasteiger partial charge in [-0.25, -0.2) is 0 Å². The molecule has 0 aliphatic rings. The van der Waals surface area contributed by atoms with Gasteiger partial charge in [-0.15, -0.1) is 6.58 Å². The molecule has 0 aliphatic carbocycles. The fourth-order valence-corrected chi connectivity index (χ4v) is 1.29. The highest BCUT2D eigenvalue weighted by Gasteiger charge is 2.05. The van der Waals surface area contributed by atoms with Gasteiger partial charge in [0.2, 0.25) is 0 Å². The van der Waals surface area contributed by atoms with E-state index < -0.39 is 0 Å². The maximum absolute atomic E-state index is 7.27. The van der Waals surface area contributed by atoms with Gasteiger partial charge in [0.25, 0.3) is 0 Å². The zero-order valence-electron chi connectivity index (χ0n) is 10.2. The van der Waals surface area contributed by atoms with Crippen molar-refractivity contribution in [3.63, 3.8) is 0 Å². The molecule has 0 bridgehead atoms. The summed E-state index contributed by atoms with van der Waals surface area (Å²) in [5.74, 6) is 0.378. The Morgan fingerprint density at radius 1 is 1.50 bits per heavy atom. The van der Waals surface area contributed by atoms with Crippen LogP contribution < -0.4 is 11.5 Å². The van der Waals surface area contributed by atoms with Gasteiger partial charge in [0, 0.05) is 6.21 Å². The van der Waals surface area contributed by atoms with E-state index in [0.29, 0.717) is 11.6 Å². The quantitative estimate of drug-likeness (QED) is 0.350. The Morgan fingerprint density at radius 2 is 2.12 bits per heavy atom. The molecule has 0 fully saturated rings. The predicted molar refractivity (Wildman–Crippen MR) is 70.5 cm³/mol. The van der Waals surface area contributed by atoms with Gasteiger partial charge >= 0.3 is 0 Å². The molecule has 0 aliphatic heterocycles. The maximum Gasteiger partial charge on any atom is 0.140 e. The molecular formula is C12H22N4. The highest BCUT2D eigenvalue weighted by atomic mass is 14.8. The lowest BCUT2D eigenvalue weighted by Gasteiger charge is -2.08. The van der Waals surface area contributed by atoms with Crippen LogP contribution in [0.15, 0.2) is 29.0 Å². The Labute approximate surface area is 97.6 Å². The fourth-order valence-electron chi connectivity index (χ4n) is 1.29. The third-order valence-corrected chi connectivity index (χ3v) is 2.36. The number of rotatable bonds is 7. The molecule has 90 valence electrons. The first kappa shape index (κ1) is 14.4. The Bertz CT molecular complexity index is 302. The number of aliphatic imine (C=N–C) groups is 1. The Balaban J connectivity index is 4.42. The van der Waals surface area contributed by atoms with Gasteiger partial charge in [-0.1, -0.05) is 13.0 Å². The van der Waals surface area contributed by atoms with Crippen LogP contribution in [0.25, 0.3) is 0 Å². The summed E-state index contributed by atoms with van der Waals surface area (Å²) < 4.78 is 0. The van der Waals surface area contributed by atoms with Crippen LogP contribution in [0, 0.1) is 11.3 Å². The summed E-state index contributed by atoms with van der Waals surface area (Å²) in [4.78, 5) is 4.15. The molecule has 0 radical (unpaired) electrons. The summed E-state index contributed by atoms with van der Waals surface area (Å²) >= 11 is 0. The van der Waals surface area contributed by atoms with E-state index in [1.54, 1.807) is 6.21 Å². The lowest BCUT2D eigenvalue weighted by molar-refractivity contribution is 0.603. The van der Waals surface area contributed by atoms with Crippen molar-refractivity contribution in [3.05, 3.63) is 24.0 Å². The summed E-state index contributed by atoms with van der Waals surface area (Å²) in [7, 11) is 0. The summed E-state index contributed by atoms with van der Waals surface area (Å²) in [6.45, 7) is 7.68. The van der Waals surface area contributed by atoms with E-state index in [1.165, 1.54) is 0 Å². The smallest absolute Gasteiger partial charge is 0.140 e. The molecule has 0 heterocycles. The molecule has 0 rings (SSSR count). The van der Waals surface area contributed by atoms with Crippen LogP contribution in [0.2, 0.25) is 0 Å². The number of nitrogens with zero attached hydrogens (tertiary/aromatic N) is 1. The van der Waals surface area contributed by atoms with Crippen LogP contribution in [0.4, 0.5) is 0 Å². The molecular weight excluding hydrogens is 200 g/mol. The molecule has 0 spiro atoms. The summed E-state index contributed by atoms with van der Waals surface area (Å²) in [5.41, 5.74) is 12.0. The third kappa shape index (κ3) is 5.34. The SMILES string of the molecule is C=CC(C)CCC/C(N=CC)=C(\N)C(=N)N. The minimum Gasteiger partial charge on any atom is -0.394 e. The average molecular weight is 222 g/mol.